The van der Waals surface area contributed by atoms with E-state index in [-0.39, 0.29) is 33.9 Å². The van der Waals surface area contributed by atoms with Gasteiger partial charge in [-0.1, -0.05) is 28.1 Å². The van der Waals surface area contributed by atoms with E-state index in [1.54, 1.807) is 30.3 Å². The number of carbonyl (C=O) groups is 1. The molecule has 1 aliphatic rings. The summed E-state index contributed by atoms with van der Waals surface area (Å²) >= 11 is 3.34. The molecule has 10 heteroatoms. The number of nitro groups is 1. The van der Waals surface area contributed by atoms with Crippen molar-refractivity contribution in [2.24, 2.45) is 0 Å². The highest BCUT2D eigenvalue weighted by molar-refractivity contribution is 9.10. The number of hydrogen-bond acceptors (Lipinski definition) is 7. The van der Waals surface area contributed by atoms with Crippen molar-refractivity contribution in [3.63, 3.8) is 0 Å². The van der Waals surface area contributed by atoms with E-state index >= 15 is 0 Å². The van der Waals surface area contributed by atoms with Gasteiger partial charge in [-0.15, -0.1) is 0 Å². The maximum absolute atomic E-state index is 13.5. The van der Waals surface area contributed by atoms with Gasteiger partial charge in [-0.3, -0.25) is 24.6 Å². The fourth-order valence-electron chi connectivity index (χ4n) is 3.69. The smallest absolute Gasteiger partial charge is 0.297 e. The molecule has 0 radical (unpaired) electrons. The molecule has 9 nitrogen and oxygen atoms in total. The Morgan fingerprint density at radius 2 is 1.84 bits per heavy atom. The molecular weight excluding hydrogens is 468 g/mol. The van der Waals surface area contributed by atoms with Crippen LogP contribution >= 0.6 is 15.9 Å². The third kappa shape index (κ3) is 2.99. The van der Waals surface area contributed by atoms with Crippen LogP contribution in [0.5, 0.6) is 0 Å². The molecular formula is C21H11BrN4O5. The molecule has 1 amide bonds. The number of non-ortho nitro benzene ring substituents is 1. The zero-order valence-corrected chi connectivity index (χ0v) is 17.1. The average Bonchev–Trinajstić information content (AvgIpc) is 3.07. The van der Waals surface area contributed by atoms with Gasteiger partial charge < -0.3 is 4.42 Å². The van der Waals surface area contributed by atoms with Crippen molar-refractivity contribution in [3.05, 3.63) is 103 Å². The fraction of sp³-hybridized carbons (Fsp3) is 0.0476. The van der Waals surface area contributed by atoms with Crippen LogP contribution in [-0.4, -0.2) is 20.8 Å². The van der Waals surface area contributed by atoms with Crippen molar-refractivity contribution in [2.75, 3.05) is 4.90 Å². The molecule has 4 aromatic rings. The van der Waals surface area contributed by atoms with E-state index < -0.39 is 22.3 Å². The first-order valence-corrected chi connectivity index (χ1v) is 9.86. The van der Waals surface area contributed by atoms with Crippen LogP contribution in [0.4, 0.5) is 11.6 Å². The number of halogens is 1. The Bertz CT molecular complexity index is 1440. The first kappa shape index (κ1) is 19.1. The van der Waals surface area contributed by atoms with Gasteiger partial charge in [0.15, 0.2) is 5.43 Å². The molecule has 0 saturated heterocycles. The quantitative estimate of drug-likeness (QED) is 0.322. The number of amides is 1. The number of nitrogens with zero attached hydrogens (tertiary/aromatic N) is 4. The number of aromatic nitrogens is 2. The second-order valence-electron chi connectivity index (χ2n) is 6.79. The standard InChI is InChI=1S/C21H11BrN4O5/c22-12-5-6-15-14(10-12)18(27)16-17(11-3-1-4-13(9-11)26(29)30)25(20(28)19(16)31-15)21-23-7-2-8-24-21/h1-10,17H. The van der Waals surface area contributed by atoms with Gasteiger partial charge in [0.05, 0.1) is 21.9 Å². The molecule has 31 heavy (non-hydrogen) atoms. The third-order valence-electron chi connectivity index (χ3n) is 5.00. The second kappa shape index (κ2) is 7.10. The molecule has 0 aliphatic carbocycles. The summed E-state index contributed by atoms with van der Waals surface area (Å²) in [5.41, 5.74) is 0.147. The maximum Gasteiger partial charge on any atom is 0.297 e. The van der Waals surface area contributed by atoms with Crippen LogP contribution in [0, 0.1) is 10.1 Å². The van der Waals surface area contributed by atoms with Crippen molar-refractivity contribution in [3.8, 4) is 0 Å². The average molecular weight is 479 g/mol. The Morgan fingerprint density at radius 1 is 1.06 bits per heavy atom. The maximum atomic E-state index is 13.5. The van der Waals surface area contributed by atoms with Crippen LogP contribution in [0.25, 0.3) is 11.0 Å². The zero-order valence-electron chi connectivity index (χ0n) is 15.6. The van der Waals surface area contributed by atoms with E-state index in [1.807, 2.05) is 0 Å². The lowest BCUT2D eigenvalue weighted by Gasteiger charge is -2.22. The Morgan fingerprint density at radius 3 is 2.58 bits per heavy atom. The first-order valence-electron chi connectivity index (χ1n) is 9.07. The number of nitro benzene ring substituents is 1. The van der Waals surface area contributed by atoms with Crippen LogP contribution in [0.2, 0.25) is 0 Å². The van der Waals surface area contributed by atoms with Gasteiger partial charge in [0.1, 0.15) is 5.58 Å². The van der Waals surface area contributed by atoms with Gasteiger partial charge in [0.2, 0.25) is 11.7 Å². The van der Waals surface area contributed by atoms with Crippen molar-refractivity contribution in [2.45, 2.75) is 6.04 Å². The lowest BCUT2D eigenvalue weighted by atomic mass is 9.98. The third-order valence-corrected chi connectivity index (χ3v) is 5.49. The lowest BCUT2D eigenvalue weighted by Crippen LogP contribution is -2.31. The van der Waals surface area contributed by atoms with Crippen LogP contribution in [0.15, 0.2) is 74.6 Å². The highest BCUT2D eigenvalue weighted by atomic mass is 79.9. The van der Waals surface area contributed by atoms with Gasteiger partial charge in [0, 0.05) is 29.0 Å². The molecule has 0 bridgehead atoms. The van der Waals surface area contributed by atoms with Crippen LogP contribution in [0.1, 0.15) is 27.7 Å². The van der Waals surface area contributed by atoms with Crippen molar-refractivity contribution < 1.29 is 14.1 Å². The SMILES string of the molecule is O=C1c2oc3ccc(Br)cc3c(=O)c2C(c2cccc([N+](=O)[O-])c2)N1c1ncccn1. The predicted molar refractivity (Wildman–Crippen MR) is 114 cm³/mol. The molecule has 3 heterocycles. The summed E-state index contributed by atoms with van der Waals surface area (Å²) in [6.07, 6.45) is 2.93. The van der Waals surface area contributed by atoms with Gasteiger partial charge in [0.25, 0.3) is 11.6 Å². The fourth-order valence-corrected chi connectivity index (χ4v) is 4.05. The second-order valence-corrected chi connectivity index (χ2v) is 7.71. The molecule has 2 aromatic carbocycles. The number of carbonyl (C=O) groups excluding carboxylic acids is 1. The van der Waals surface area contributed by atoms with Crippen molar-refractivity contribution in [1.82, 2.24) is 9.97 Å². The number of fused-ring (bicyclic) bond motifs is 2. The van der Waals surface area contributed by atoms with Crippen LogP contribution in [-0.2, 0) is 0 Å². The molecule has 1 atom stereocenters. The molecule has 0 spiro atoms. The molecule has 0 fully saturated rings. The number of rotatable bonds is 3. The van der Waals surface area contributed by atoms with E-state index in [0.717, 1.165) is 0 Å². The number of benzene rings is 2. The van der Waals surface area contributed by atoms with Crippen LogP contribution < -0.4 is 10.3 Å². The van der Waals surface area contributed by atoms with Crippen molar-refractivity contribution >= 4 is 44.4 Å². The summed E-state index contributed by atoms with van der Waals surface area (Å²) in [5, 5.41) is 11.6. The Balaban J connectivity index is 1.83. The minimum Gasteiger partial charge on any atom is -0.450 e. The minimum absolute atomic E-state index is 0.0556. The summed E-state index contributed by atoms with van der Waals surface area (Å²) in [4.78, 5) is 47.1. The Hall–Kier alpha value is -3.92. The number of anilines is 1. The molecule has 2 aromatic heterocycles. The van der Waals surface area contributed by atoms with Crippen molar-refractivity contribution in [1.29, 1.82) is 0 Å². The highest BCUT2D eigenvalue weighted by Gasteiger charge is 2.45. The zero-order chi connectivity index (χ0) is 21.7. The van der Waals surface area contributed by atoms with Gasteiger partial charge >= 0.3 is 0 Å². The lowest BCUT2D eigenvalue weighted by molar-refractivity contribution is -0.384. The normalized spacial score (nSPS) is 15.3. The summed E-state index contributed by atoms with van der Waals surface area (Å²) < 4.78 is 6.50. The summed E-state index contributed by atoms with van der Waals surface area (Å²) in [7, 11) is 0. The molecule has 152 valence electrons. The van der Waals surface area contributed by atoms with Gasteiger partial charge in [-0.2, -0.15) is 0 Å². The van der Waals surface area contributed by atoms with Crippen LogP contribution in [0.3, 0.4) is 0 Å². The molecule has 5 rings (SSSR count). The first-order chi connectivity index (χ1) is 15.0. The minimum atomic E-state index is -0.982. The van der Waals surface area contributed by atoms with Gasteiger partial charge in [-0.25, -0.2) is 9.97 Å². The Kier molecular flexibility index (Phi) is 4.36. The molecule has 1 aliphatic heterocycles. The van der Waals surface area contributed by atoms with E-state index in [2.05, 4.69) is 25.9 Å². The predicted octanol–water partition coefficient (Wildman–Crippen LogP) is 4.00. The number of hydrogen-bond donors (Lipinski definition) is 0. The summed E-state index contributed by atoms with van der Waals surface area (Å²) in [5.74, 6) is -0.677. The summed E-state index contributed by atoms with van der Waals surface area (Å²) in [6.45, 7) is 0. The Labute approximate surface area is 182 Å². The summed E-state index contributed by atoms with van der Waals surface area (Å²) in [6, 6.07) is 11.3. The van der Waals surface area contributed by atoms with E-state index in [0.29, 0.717) is 10.0 Å². The molecule has 1 unspecified atom stereocenters. The largest absolute Gasteiger partial charge is 0.450 e. The highest BCUT2D eigenvalue weighted by Crippen LogP contribution is 2.40. The molecule has 0 N–H and O–H groups in total. The van der Waals surface area contributed by atoms with Gasteiger partial charge in [-0.05, 0) is 29.8 Å². The van der Waals surface area contributed by atoms with E-state index in [1.165, 1.54) is 35.5 Å². The van der Waals surface area contributed by atoms with E-state index in [9.17, 15) is 19.7 Å². The molecule has 0 saturated carbocycles. The topological polar surface area (TPSA) is 119 Å². The van der Waals surface area contributed by atoms with E-state index in [4.69, 9.17) is 4.42 Å². The monoisotopic (exact) mass is 478 g/mol.